The van der Waals surface area contributed by atoms with Gasteiger partial charge in [0.2, 0.25) is 0 Å². The molecule has 0 amide bonds. The fourth-order valence-corrected chi connectivity index (χ4v) is 2.11. The van der Waals surface area contributed by atoms with Gasteiger partial charge in [0.15, 0.2) is 0 Å². The summed E-state index contributed by atoms with van der Waals surface area (Å²) in [4.78, 5) is 11.1. The lowest BCUT2D eigenvalue weighted by atomic mass is 9.94. The van der Waals surface area contributed by atoms with Crippen molar-refractivity contribution >= 4 is 5.97 Å². The van der Waals surface area contributed by atoms with Crippen LogP contribution in [0.4, 0.5) is 8.78 Å². The quantitative estimate of drug-likeness (QED) is 0.895. The van der Waals surface area contributed by atoms with Crippen LogP contribution in [0.25, 0.3) is 0 Å². The summed E-state index contributed by atoms with van der Waals surface area (Å²) in [6, 6.07) is 0. The number of halogens is 2. The summed E-state index contributed by atoms with van der Waals surface area (Å²) < 4.78 is 30.8. The molecule has 0 spiro atoms. The van der Waals surface area contributed by atoms with Crippen LogP contribution in [0.1, 0.15) is 34.8 Å². The lowest BCUT2D eigenvalue weighted by Gasteiger charge is -2.20. The van der Waals surface area contributed by atoms with Crippen molar-refractivity contribution in [2.24, 2.45) is 0 Å². The van der Waals surface area contributed by atoms with Gasteiger partial charge in [-0.2, -0.15) is 5.10 Å². The third kappa shape index (κ3) is 2.84. The van der Waals surface area contributed by atoms with Crippen molar-refractivity contribution in [2.45, 2.75) is 31.7 Å². The zero-order valence-corrected chi connectivity index (χ0v) is 9.68. The van der Waals surface area contributed by atoms with Crippen LogP contribution in [0.3, 0.4) is 0 Å². The van der Waals surface area contributed by atoms with E-state index in [-0.39, 0.29) is 11.5 Å². The first-order valence-electron chi connectivity index (χ1n) is 5.74. The van der Waals surface area contributed by atoms with Gasteiger partial charge in [-0.05, 0) is 12.8 Å². The highest BCUT2D eigenvalue weighted by Gasteiger charge is 2.25. The Hall–Kier alpha value is -1.50. The van der Waals surface area contributed by atoms with E-state index in [2.05, 4.69) is 5.10 Å². The van der Waals surface area contributed by atoms with Gasteiger partial charge in [-0.15, -0.1) is 0 Å². The van der Waals surface area contributed by atoms with Crippen LogP contribution in [-0.4, -0.2) is 40.5 Å². The molecule has 2 heterocycles. The molecule has 1 aliphatic rings. The van der Waals surface area contributed by atoms with Crippen LogP contribution >= 0.6 is 0 Å². The lowest BCUT2D eigenvalue weighted by Crippen LogP contribution is -2.17. The molecular weight excluding hydrogens is 246 g/mol. The second-order valence-electron chi connectivity index (χ2n) is 4.23. The number of ether oxygens (including phenoxy) is 1. The largest absolute Gasteiger partial charge is 0.478 e. The molecule has 0 aliphatic carbocycles. The SMILES string of the molecule is O=C(O)c1cn(CC(F)F)nc1C1CCOCC1. The topological polar surface area (TPSA) is 64.3 Å². The molecule has 7 heteroatoms. The number of carboxylic acids is 1. The molecule has 5 nitrogen and oxygen atoms in total. The summed E-state index contributed by atoms with van der Waals surface area (Å²) in [5, 5.41) is 13.1. The predicted octanol–water partition coefficient (Wildman–Crippen LogP) is 1.74. The third-order valence-corrected chi connectivity index (χ3v) is 2.95. The summed E-state index contributed by atoms with van der Waals surface area (Å²) in [5.74, 6) is -1.15. The van der Waals surface area contributed by atoms with E-state index in [1.807, 2.05) is 0 Å². The third-order valence-electron chi connectivity index (χ3n) is 2.95. The Balaban J connectivity index is 2.25. The molecule has 1 fully saturated rings. The number of aromatic carboxylic acids is 1. The van der Waals surface area contributed by atoms with E-state index in [0.717, 1.165) is 4.68 Å². The highest BCUT2D eigenvalue weighted by Crippen LogP contribution is 2.28. The Bertz CT molecular complexity index is 428. The number of alkyl halides is 2. The first-order chi connectivity index (χ1) is 8.58. The van der Waals surface area contributed by atoms with E-state index in [1.165, 1.54) is 6.20 Å². The van der Waals surface area contributed by atoms with Gasteiger partial charge in [0.25, 0.3) is 6.43 Å². The number of hydrogen-bond acceptors (Lipinski definition) is 3. The maximum Gasteiger partial charge on any atom is 0.339 e. The molecule has 0 aromatic carbocycles. The molecule has 1 aromatic rings. The minimum absolute atomic E-state index is 0.0163. The second-order valence-corrected chi connectivity index (χ2v) is 4.23. The number of rotatable bonds is 4. The zero-order valence-electron chi connectivity index (χ0n) is 9.68. The number of carbonyl (C=O) groups is 1. The van der Waals surface area contributed by atoms with Crippen molar-refractivity contribution in [1.82, 2.24) is 9.78 Å². The summed E-state index contributed by atoms with van der Waals surface area (Å²) in [7, 11) is 0. The van der Waals surface area contributed by atoms with Crippen LogP contribution in [0, 0.1) is 0 Å². The highest BCUT2D eigenvalue weighted by molar-refractivity contribution is 5.88. The van der Waals surface area contributed by atoms with Crippen molar-refractivity contribution in [3.05, 3.63) is 17.5 Å². The Morgan fingerprint density at radius 2 is 2.22 bits per heavy atom. The number of carboxylic acid groups (broad SMARTS) is 1. The van der Waals surface area contributed by atoms with Gasteiger partial charge in [-0.25, -0.2) is 13.6 Å². The molecule has 0 atom stereocenters. The first kappa shape index (κ1) is 12.9. The summed E-state index contributed by atoms with van der Waals surface area (Å²) in [6.45, 7) is 0.514. The smallest absolute Gasteiger partial charge is 0.339 e. The molecule has 1 aromatic heterocycles. The summed E-state index contributed by atoms with van der Waals surface area (Å²) in [6.07, 6.45) is -0.0221. The standard InChI is InChI=1S/C11H14F2N2O3/c12-9(13)6-15-5-8(11(16)17)10(14-15)7-1-3-18-4-2-7/h5,7,9H,1-4,6H2,(H,16,17). The van der Waals surface area contributed by atoms with Gasteiger partial charge in [0.1, 0.15) is 12.1 Å². The highest BCUT2D eigenvalue weighted by atomic mass is 19.3. The average molecular weight is 260 g/mol. The Morgan fingerprint density at radius 3 is 2.78 bits per heavy atom. The predicted molar refractivity (Wildman–Crippen MR) is 58.0 cm³/mol. The maximum atomic E-state index is 12.3. The van der Waals surface area contributed by atoms with E-state index in [1.54, 1.807) is 0 Å². The number of hydrogen-bond donors (Lipinski definition) is 1. The van der Waals surface area contributed by atoms with Gasteiger partial charge in [0, 0.05) is 25.3 Å². The van der Waals surface area contributed by atoms with Gasteiger partial charge in [0.05, 0.1) is 5.69 Å². The lowest BCUT2D eigenvalue weighted by molar-refractivity contribution is 0.0684. The van der Waals surface area contributed by atoms with Gasteiger partial charge in [-0.1, -0.05) is 0 Å². The molecule has 1 saturated heterocycles. The average Bonchev–Trinajstić information content (AvgIpc) is 2.73. The molecule has 0 radical (unpaired) electrons. The molecule has 100 valence electrons. The van der Waals surface area contributed by atoms with Crippen molar-refractivity contribution in [2.75, 3.05) is 13.2 Å². The van der Waals surface area contributed by atoms with E-state index in [4.69, 9.17) is 9.84 Å². The molecule has 0 unspecified atom stereocenters. The van der Waals surface area contributed by atoms with Crippen LogP contribution in [0.5, 0.6) is 0 Å². The van der Waals surface area contributed by atoms with E-state index < -0.39 is 18.9 Å². The minimum Gasteiger partial charge on any atom is -0.478 e. The molecule has 1 N–H and O–H groups in total. The molecule has 0 bridgehead atoms. The summed E-state index contributed by atoms with van der Waals surface area (Å²) in [5.41, 5.74) is 0.411. The van der Waals surface area contributed by atoms with Gasteiger partial charge in [-0.3, -0.25) is 4.68 Å². The van der Waals surface area contributed by atoms with E-state index in [9.17, 15) is 13.6 Å². The monoisotopic (exact) mass is 260 g/mol. The molecule has 2 rings (SSSR count). The van der Waals surface area contributed by atoms with Crippen molar-refractivity contribution in [3.8, 4) is 0 Å². The Labute approximate surface area is 102 Å². The van der Waals surface area contributed by atoms with Crippen LogP contribution < -0.4 is 0 Å². The maximum absolute atomic E-state index is 12.3. The van der Waals surface area contributed by atoms with Crippen LogP contribution in [0.15, 0.2) is 6.20 Å². The van der Waals surface area contributed by atoms with Crippen molar-refractivity contribution in [3.63, 3.8) is 0 Å². The minimum atomic E-state index is -2.55. The Kier molecular flexibility index (Phi) is 3.90. The van der Waals surface area contributed by atoms with Crippen LogP contribution in [-0.2, 0) is 11.3 Å². The zero-order chi connectivity index (χ0) is 13.1. The van der Waals surface area contributed by atoms with Crippen molar-refractivity contribution in [1.29, 1.82) is 0 Å². The molecule has 0 saturated carbocycles. The van der Waals surface area contributed by atoms with E-state index in [0.29, 0.717) is 31.7 Å². The normalized spacial score (nSPS) is 17.3. The van der Waals surface area contributed by atoms with E-state index >= 15 is 0 Å². The van der Waals surface area contributed by atoms with Crippen LogP contribution in [0.2, 0.25) is 0 Å². The van der Waals surface area contributed by atoms with Gasteiger partial charge < -0.3 is 9.84 Å². The molecule has 1 aliphatic heterocycles. The summed E-state index contributed by atoms with van der Waals surface area (Å²) >= 11 is 0. The number of nitrogens with zero attached hydrogens (tertiary/aromatic N) is 2. The fraction of sp³-hybridized carbons (Fsp3) is 0.636. The van der Waals surface area contributed by atoms with Gasteiger partial charge >= 0.3 is 5.97 Å². The second kappa shape index (κ2) is 5.43. The first-order valence-corrected chi connectivity index (χ1v) is 5.74. The molecular formula is C11H14F2N2O3. The Morgan fingerprint density at radius 1 is 1.56 bits per heavy atom. The number of aromatic nitrogens is 2. The molecule has 18 heavy (non-hydrogen) atoms. The fourth-order valence-electron chi connectivity index (χ4n) is 2.11. The van der Waals surface area contributed by atoms with Crippen molar-refractivity contribution < 1.29 is 23.4 Å².